The van der Waals surface area contributed by atoms with Crippen molar-refractivity contribution in [1.82, 2.24) is 10.2 Å². The van der Waals surface area contributed by atoms with Crippen LogP contribution in [0.3, 0.4) is 0 Å². The normalized spacial score (nSPS) is 31.8. The Bertz CT molecular complexity index is 976. The molecular weight excluding hydrogens is 452 g/mol. The monoisotopic (exact) mass is 484 g/mol. The maximum atomic E-state index is 12.9. The van der Waals surface area contributed by atoms with Crippen LogP contribution in [0.5, 0.6) is 5.75 Å². The second-order valence-corrected chi connectivity index (χ2v) is 11.9. The van der Waals surface area contributed by atoms with E-state index in [2.05, 4.69) is 5.32 Å². The van der Waals surface area contributed by atoms with Crippen molar-refractivity contribution in [3.8, 4) is 5.75 Å². The number of fused-ring (bicyclic) bond motifs is 2. The van der Waals surface area contributed by atoms with Crippen LogP contribution < -0.4 is 10.1 Å². The lowest BCUT2D eigenvalue weighted by Crippen LogP contribution is -2.51. The number of hydrogen-bond acceptors (Lipinski definition) is 5. The number of ether oxygens (including phenoxy) is 1. The summed E-state index contributed by atoms with van der Waals surface area (Å²) in [4.78, 5) is 28.0. The molecule has 176 valence electrons. The van der Waals surface area contributed by atoms with Gasteiger partial charge in [-0.15, -0.1) is 0 Å². The van der Waals surface area contributed by atoms with E-state index >= 15 is 0 Å². The summed E-state index contributed by atoms with van der Waals surface area (Å²) >= 11 is 6.79. The van der Waals surface area contributed by atoms with Gasteiger partial charge in [0.15, 0.2) is 0 Å². The third kappa shape index (κ3) is 4.85. The topological polar surface area (TPSA) is 58.6 Å². The second-order valence-electron chi connectivity index (χ2n) is 10.2. The summed E-state index contributed by atoms with van der Waals surface area (Å²) in [5.41, 5.74) is 0.959. The van der Waals surface area contributed by atoms with Crippen LogP contribution in [0, 0.1) is 17.8 Å². The Morgan fingerprint density at radius 2 is 2.06 bits per heavy atom. The molecule has 2 amide bonds. The molecule has 1 heterocycles. The highest BCUT2D eigenvalue weighted by Crippen LogP contribution is 2.55. The van der Waals surface area contributed by atoms with Crippen molar-refractivity contribution in [2.75, 3.05) is 13.7 Å². The van der Waals surface area contributed by atoms with Gasteiger partial charge in [-0.3, -0.25) is 14.5 Å². The molecule has 4 unspecified atom stereocenters. The lowest BCUT2D eigenvalue weighted by atomic mass is 9.73. The van der Waals surface area contributed by atoms with E-state index in [0.717, 1.165) is 41.9 Å². The number of methoxy groups -OCH3 is 1. The highest BCUT2D eigenvalue weighted by molar-refractivity contribution is 8.26. The molecule has 5 rings (SSSR count). The highest BCUT2D eigenvalue weighted by Gasteiger charge is 2.50. The molecule has 1 aliphatic heterocycles. The van der Waals surface area contributed by atoms with Gasteiger partial charge in [0.05, 0.1) is 12.0 Å². The molecule has 7 heteroatoms. The molecule has 5 nitrogen and oxygen atoms in total. The first-order valence-corrected chi connectivity index (χ1v) is 13.4. The molecule has 0 radical (unpaired) electrons. The van der Waals surface area contributed by atoms with E-state index in [0.29, 0.717) is 28.6 Å². The third-order valence-corrected chi connectivity index (χ3v) is 9.36. The van der Waals surface area contributed by atoms with Crippen molar-refractivity contribution < 1.29 is 14.3 Å². The van der Waals surface area contributed by atoms with E-state index in [4.69, 9.17) is 17.0 Å². The zero-order valence-electron chi connectivity index (χ0n) is 19.2. The summed E-state index contributed by atoms with van der Waals surface area (Å²) in [6.45, 7) is 0.484. The van der Waals surface area contributed by atoms with Crippen LogP contribution >= 0.6 is 24.0 Å². The lowest BCUT2D eigenvalue weighted by molar-refractivity contribution is -0.125. The fraction of sp³-hybridized carbons (Fsp3) is 0.577. The fourth-order valence-electron chi connectivity index (χ4n) is 6.62. The number of thioether (sulfide) groups is 1. The van der Waals surface area contributed by atoms with Crippen LogP contribution in [0.1, 0.15) is 63.4 Å². The molecule has 1 N–H and O–H groups in total. The maximum absolute atomic E-state index is 12.9. The van der Waals surface area contributed by atoms with Crippen LogP contribution in [0.25, 0.3) is 6.08 Å². The molecule has 3 bridgehead atoms. The fourth-order valence-corrected chi connectivity index (χ4v) is 7.93. The molecule has 0 spiro atoms. The van der Waals surface area contributed by atoms with Gasteiger partial charge in [-0.25, -0.2) is 0 Å². The van der Waals surface area contributed by atoms with E-state index < -0.39 is 0 Å². The molecule has 1 saturated heterocycles. The van der Waals surface area contributed by atoms with Gasteiger partial charge < -0.3 is 10.1 Å². The molecule has 3 aliphatic carbocycles. The Morgan fingerprint density at radius 3 is 2.85 bits per heavy atom. The Morgan fingerprint density at radius 1 is 1.27 bits per heavy atom. The van der Waals surface area contributed by atoms with Crippen LogP contribution in [-0.4, -0.2) is 40.2 Å². The molecule has 3 saturated carbocycles. The summed E-state index contributed by atoms with van der Waals surface area (Å²) in [6.07, 6.45) is 11.7. The summed E-state index contributed by atoms with van der Waals surface area (Å²) in [5, 5.41) is 3.46. The van der Waals surface area contributed by atoms with Crippen LogP contribution in [0.15, 0.2) is 29.2 Å². The minimum Gasteiger partial charge on any atom is -0.497 e. The number of carbonyl (C=O) groups is 2. The van der Waals surface area contributed by atoms with Gasteiger partial charge in [0.1, 0.15) is 10.1 Å². The highest BCUT2D eigenvalue weighted by atomic mass is 32.2. The Balaban J connectivity index is 1.14. The summed E-state index contributed by atoms with van der Waals surface area (Å²) in [5.74, 6) is 3.37. The minimum atomic E-state index is -0.0708. The average Bonchev–Trinajstić information content (AvgIpc) is 3.18. The van der Waals surface area contributed by atoms with Crippen LogP contribution in [0.2, 0.25) is 0 Å². The largest absolute Gasteiger partial charge is 0.497 e. The molecule has 4 aliphatic rings. The number of carbonyl (C=O) groups excluding carboxylic acids is 2. The standard InChI is InChI=1S/C26H32N2O3S2/c1-31-21-8-6-17(7-9-21)14-22-24(30)28(25(32)33-22)11-3-5-23(29)27-26-10-2-4-19-12-18(15-26)13-20(19)16-26/h6-9,14,18-20H,2-5,10-13,15-16H2,1H3,(H,27,29)/b22-14-. The molecule has 0 aromatic heterocycles. The van der Waals surface area contributed by atoms with Crippen molar-refractivity contribution in [3.05, 3.63) is 34.7 Å². The van der Waals surface area contributed by atoms with Gasteiger partial charge in [-0.2, -0.15) is 0 Å². The van der Waals surface area contributed by atoms with E-state index in [9.17, 15) is 9.59 Å². The molecule has 33 heavy (non-hydrogen) atoms. The molecule has 1 aromatic carbocycles. The zero-order valence-corrected chi connectivity index (χ0v) is 20.8. The smallest absolute Gasteiger partial charge is 0.266 e. The summed E-state index contributed by atoms with van der Waals surface area (Å²) in [7, 11) is 1.63. The van der Waals surface area contributed by atoms with Crippen molar-refractivity contribution in [1.29, 1.82) is 0 Å². The van der Waals surface area contributed by atoms with Crippen LogP contribution in [0.4, 0.5) is 0 Å². The number of nitrogens with one attached hydrogen (secondary N) is 1. The van der Waals surface area contributed by atoms with E-state index in [1.54, 1.807) is 12.0 Å². The quantitative estimate of drug-likeness (QED) is 0.428. The van der Waals surface area contributed by atoms with Crippen molar-refractivity contribution >= 4 is 46.2 Å². The summed E-state index contributed by atoms with van der Waals surface area (Å²) < 4.78 is 5.75. The number of amides is 2. The van der Waals surface area contributed by atoms with Gasteiger partial charge in [-0.05, 0) is 80.1 Å². The Labute approximate surface area is 205 Å². The molecule has 1 aromatic rings. The molecule has 4 atom stereocenters. The van der Waals surface area contributed by atoms with Crippen LogP contribution in [-0.2, 0) is 9.59 Å². The minimum absolute atomic E-state index is 0.0266. The SMILES string of the molecule is COc1ccc(/C=C2\SC(=S)N(CCCC(=O)NC34CCCC5CC(CC5C3)C4)C2=O)cc1. The van der Waals surface area contributed by atoms with Crippen molar-refractivity contribution in [2.45, 2.75) is 63.3 Å². The maximum Gasteiger partial charge on any atom is 0.266 e. The van der Waals surface area contributed by atoms with E-state index in [-0.39, 0.29) is 17.4 Å². The third-order valence-electron chi connectivity index (χ3n) is 7.98. The Hall–Kier alpha value is -1.86. The Kier molecular flexibility index (Phi) is 6.54. The first-order valence-electron chi connectivity index (χ1n) is 12.2. The molecular formula is C26H32N2O3S2. The first-order chi connectivity index (χ1) is 15.9. The predicted molar refractivity (Wildman–Crippen MR) is 136 cm³/mol. The van der Waals surface area contributed by atoms with Gasteiger partial charge in [0.25, 0.3) is 5.91 Å². The van der Waals surface area contributed by atoms with E-state index in [1.165, 1.54) is 43.9 Å². The number of hydrogen-bond donors (Lipinski definition) is 1. The number of nitrogens with zero attached hydrogens (tertiary/aromatic N) is 1. The van der Waals surface area contributed by atoms with Gasteiger partial charge in [-0.1, -0.05) is 49.0 Å². The summed E-state index contributed by atoms with van der Waals surface area (Å²) in [6, 6.07) is 7.58. The zero-order chi connectivity index (χ0) is 23.0. The van der Waals surface area contributed by atoms with Crippen molar-refractivity contribution in [2.24, 2.45) is 17.8 Å². The van der Waals surface area contributed by atoms with Gasteiger partial charge in [0, 0.05) is 18.5 Å². The van der Waals surface area contributed by atoms with Gasteiger partial charge in [0.2, 0.25) is 5.91 Å². The van der Waals surface area contributed by atoms with E-state index in [1.807, 2.05) is 30.3 Å². The number of benzene rings is 1. The molecule has 4 fully saturated rings. The predicted octanol–water partition coefficient (Wildman–Crippen LogP) is 5.15. The van der Waals surface area contributed by atoms with Gasteiger partial charge >= 0.3 is 0 Å². The number of thiocarbonyl (C=S) groups is 1. The second kappa shape index (κ2) is 9.41. The lowest BCUT2D eigenvalue weighted by Gasteiger charge is -2.41. The average molecular weight is 485 g/mol. The number of rotatable bonds is 7. The first kappa shape index (κ1) is 22.9. The van der Waals surface area contributed by atoms with Crippen molar-refractivity contribution in [3.63, 3.8) is 0 Å².